The summed E-state index contributed by atoms with van der Waals surface area (Å²) >= 11 is 4.78. The summed E-state index contributed by atoms with van der Waals surface area (Å²) in [7, 11) is 0. The molecule has 0 aliphatic carbocycles. The van der Waals surface area contributed by atoms with Crippen LogP contribution in [0.1, 0.15) is 13.8 Å². The highest BCUT2D eigenvalue weighted by molar-refractivity contribution is 7.71. The van der Waals surface area contributed by atoms with E-state index in [1.54, 1.807) is 12.1 Å². The third kappa shape index (κ3) is 3.98. The maximum absolute atomic E-state index is 13.0. The molecule has 0 radical (unpaired) electrons. The zero-order chi connectivity index (χ0) is 9.90. The Morgan fingerprint density at radius 3 is 2.77 bits per heavy atom. The largest absolute Gasteiger partial charge is 0.473 e. The summed E-state index contributed by atoms with van der Waals surface area (Å²) in [6, 6.07) is 3.24. The standard InChI is InChI=1S/C8H11FN2OS/c1-8(2,9)5-12-6-3-4-7(13)11-10-6/h3-4H,5H2,1-2H3,(H,11,13). The molecule has 1 aromatic rings. The summed E-state index contributed by atoms with van der Waals surface area (Å²) in [5.41, 5.74) is -1.35. The lowest BCUT2D eigenvalue weighted by Gasteiger charge is -2.13. The fraction of sp³-hybridized carbons (Fsp3) is 0.500. The molecule has 0 atom stereocenters. The molecule has 0 fully saturated rings. The molecule has 0 saturated heterocycles. The van der Waals surface area contributed by atoms with Crippen LogP contribution < -0.4 is 4.74 Å². The Kier molecular flexibility index (Phi) is 2.98. The first-order valence-electron chi connectivity index (χ1n) is 3.85. The highest BCUT2D eigenvalue weighted by atomic mass is 32.1. The quantitative estimate of drug-likeness (QED) is 0.764. The van der Waals surface area contributed by atoms with E-state index in [-0.39, 0.29) is 6.61 Å². The summed E-state index contributed by atoms with van der Waals surface area (Å²) in [5.74, 6) is 0.347. The molecule has 0 unspecified atom stereocenters. The molecule has 1 heterocycles. The number of nitrogens with one attached hydrogen (secondary N) is 1. The number of aromatic nitrogens is 2. The van der Waals surface area contributed by atoms with Gasteiger partial charge in [-0.1, -0.05) is 12.2 Å². The van der Waals surface area contributed by atoms with E-state index in [0.29, 0.717) is 10.5 Å². The van der Waals surface area contributed by atoms with Gasteiger partial charge in [-0.15, -0.1) is 5.10 Å². The lowest BCUT2D eigenvalue weighted by Crippen LogP contribution is -2.22. The SMILES string of the molecule is CC(C)(F)COc1ccc(=S)[nH]n1. The van der Waals surface area contributed by atoms with Crippen molar-refractivity contribution in [2.75, 3.05) is 6.61 Å². The maximum Gasteiger partial charge on any atom is 0.231 e. The second-order valence-electron chi connectivity index (χ2n) is 3.27. The van der Waals surface area contributed by atoms with Crippen LogP contribution in [-0.4, -0.2) is 22.5 Å². The third-order valence-corrected chi connectivity index (χ3v) is 1.44. The zero-order valence-corrected chi connectivity index (χ0v) is 8.32. The Morgan fingerprint density at radius 2 is 2.31 bits per heavy atom. The summed E-state index contributed by atoms with van der Waals surface area (Å²) in [5, 5.41) is 6.32. The molecule has 0 aromatic carbocycles. The van der Waals surface area contributed by atoms with E-state index in [1.807, 2.05) is 0 Å². The van der Waals surface area contributed by atoms with Gasteiger partial charge in [-0.3, -0.25) is 5.10 Å². The van der Waals surface area contributed by atoms with Crippen LogP contribution in [0.2, 0.25) is 0 Å². The monoisotopic (exact) mass is 202 g/mol. The first-order chi connectivity index (χ1) is 5.97. The van der Waals surface area contributed by atoms with Gasteiger partial charge in [-0.2, -0.15) is 0 Å². The molecule has 1 aromatic heterocycles. The Morgan fingerprint density at radius 1 is 1.62 bits per heavy atom. The van der Waals surface area contributed by atoms with Crippen molar-refractivity contribution in [3.8, 4) is 5.88 Å². The van der Waals surface area contributed by atoms with Gasteiger partial charge in [-0.05, 0) is 19.9 Å². The molecule has 0 aliphatic rings. The number of hydrogen-bond donors (Lipinski definition) is 1. The van der Waals surface area contributed by atoms with E-state index in [0.717, 1.165) is 0 Å². The van der Waals surface area contributed by atoms with Gasteiger partial charge in [0.15, 0.2) is 0 Å². The number of hydrogen-bond acceptors (Lipinski definition) is 3. The summed E-state index contributed by atoms with van der Waals surface area (Å²) in [4.78, 5) is 0. The van der Waals surface area contributed by atoms with Crippen molar-refractivity contribution in [3.05, 3.63) is 16.8 Å². The van der Waals surface area contributed by atoms with Gasteiger partial charge in [0.05, 0.1) is 0 Å². The van der Waals surface area contributed by atoms with Crippen molar-refractivity contribution in [1.29, 1.82) is 0 Å². The fourth-order valence-corrected chi connectivity index (χ4v) is 0.771. The molecule has 5 heteroatoms. The topological polar surface area (TPSA) is 37.9 Å². The number of rotatable bonds is 3. The van der Waals surface area contributed by atoms with E-state index in [4.69, 9.17) is 17.0 Å². The van der Waals surface area contributed by atoms with Crippen LogP contribution in [0.3, 0.4) is 0 Å². The van der Waals surface area contributed by atoms with Gasteiger partial charge in [-0.25, -0.2) is 4.39 Å². The second kappa shape index (κ2) is 3.83. The van der Waals surface area contributed by atoms with Crippen LogP contribution in [-0.2, 0) is 0 Å². The Balaban J connectivity index is 2.56. The minimum absolute atomic E-state index is 0.0232. The first-order valence-corrected chi connectivity index (χ1v) is 4.26. The molecule has 3 nitrogen and oxygen atoms in total. The van der Waals surface area contributed by atoms with E-state index < -0.39 is 5.67 Å². The smallest absolute Gasteiger partial charge is 0.231 e. The minimum atomic E-state index is -1.35. The molecule has 0 saturated carbocycles. The normalized spacial score (nSPS) is 11.3. The zero-order valence-electron chi connectivity index (χ0n) is 7.50. The highest BCUT2D eigenvalue weighted by Gasteiger charge is 2.16. The van der Waals surface area contributed by atoms with Crippen LogP contribution in [0, 0.1) is 4.64 Å². The van der Waals surface area contributed by atoms with Gasteiger partial charge in [0.25, 0.3) is 0 Å². The van der Waals surface area contributed by atoms with Gasteiger partial charge < -0.3 is 4.74 Å². The Bertz CT molecular complexity index is 311. The van der Waals surface area contributed by atoms with E-state index >= 15 is 0 Å². The number of alkyl halides is 1. The van der Waals surface area contributed by atoms with Crippen LogP contribution in [0.25, 0.3) is 0 Å². The second-order valence-corrected chi connectivity index (χ2v) is 3.71. The third-order valence-electron chi connectivity index (χ3n) is 1.22. The average molecular weight is 202 g/mol. The van der Waals surface area contributed by atoms with E-state index in [2.05, 4.69) is 10.2 Å². The molecule has 1 rings (SSSR count). The van der Waals surface area contributed by atoms with Crippen molar-refractivity contribution in [3.63, 3.8) is 0 Å². The van der Waals surface area contributed by atoms with Gasteiger partial charge in [0, 0.05) is 6.07 Å². The van der Waals surface area contributed by atoms with Crippen LogP contribution in [0.4, 0.5) is 4.39 Å². The molecular weight excluding hydrogens is 191 g/mol. The molecular formula is C8H11FN2OS. The van der Waals surface area contributed by atoms with Crippen LogP contribution >= 0.6 is 12.2 Å². The molecule has 0 bridgehead atoms. The van der Waals surface area contributed by atoms with Crippen molar-refractivity contribution in [1.82, 2.24) is 10.2 Å². The molecule has 72 valence electrons. The van der Waals surface area contributed by atoms with E-state index in [1.165, 1.54) is 13.8 Å². The van der Waals surface area contributed by atoms with Crippen molar-refractivity contribution in [2.45, 2.75) is 19.5 Å². The molecule has 0 amide bonds. The van der Waals surface area contributed by atoms with Crippen molar-refractivity contribution in [2.24, 2.45) is 0 Å². The predicted octanol–water partition coefficient (Wildman–Crippen LogP) is 2.27. The Hall–Kier alpha value is -0.970. The number of halogens is 1. The summed E-state index contributed by atoms with van der Waals surface area (Å²) in [6.07, 6.45) is 0. The molecule has 0 aliphatic heterocycles. The first kappa shape index (κ1) is 10.1. The lowest BCUT2D eigenvalue weighted by molar-refractivity contribution is 0.116. The van der Waals surface area contributed by atoms with Crippen molar-refractivity contribution >= 4 is 12.2 Å². The molecule has 0 spiro atoms. The highest BCUT2D eigenvalue weighted by Crippen LogP contribution is 2.11. The predicted molar refractivity (Wildman–Crippen MR) is 50.1 cm³/mol. The van der Waals surface area contributed by atoms with Crippen LogP contribution in [0.5, 0.6) is 5.88 Å². The number of H-pyrrole nitrogens is 1. The van der Waals surface area contributed by atoms with Gasteiger partial charge in [0.1, 0.15) is 16.9 Å². The fourth-order valence-electron chi connectivity index (χ4n) is 0.658. The number of aromatic amines is 1. The van der Waals surface area contributed by atoms with E-state index in [9.17, 15) is 4.39 Å². The molecule has 1 N–H and O–H groups in total. The molecule has 13 heavy (non-hydrogen) atoms. The van der Waals surface area contributed by atoms with Crippen LogP contribution in [0.15, 0.2) is 12.1 Å². The Labute approximate surface area is 80.9 Å². The minimum Gasteiger partial charge on any atom is -0.473 e. The number of nitrogens with zero attached hydrogens (tertiary/aromatic N) is 1. The maximum atomic E-state index is 13.0. The average Bonchev–Trinajstić information content (AvgIpc) is 2.02. The van der Waals surface area contributed by atoms with Gasteiger partial charge in [0.2, 0.25) is 5.88 Å². The summed E-state index contributed by atoms with van der Waals surface area (Å²) in [6.45, 7) is 2.86. The summed E-state index contributed by atoms with van der Waals surface area (Å²) < 4.78 is 18.6. The lowest BCUT2D eigenvalue weighted by atomic mass is 10.2. The van der Waals surface area contributed by atoms with Crippen molar-refractivity contribution < 1.29 is 9.13 Å². The number of ether oxygens (including phenoxy) is 1. The van der Waals surface area contributed by atoms with Gasteiger partial charge >= 0.3 is 0 Å².